The lowest BCUT2D eigenvalue weighted by Crippen LogP contribution is -2.48. The van der Waals surface area contributed by atoms with Crippen molar-refractivity contribution < 1.29 is 18.7 Å². The number of ether oxygens (including phenoxy) is 2. The summed E-state index contributed by atoms with van der Waals surface area (Å²) < 4.78 is 17.8. The molecule has 0 spiro atoms. The number of piperidine rings is 1. The third kappa shape index (κ3) is 3.60. The Morgan fingerprint density at radius 3 is 2.38 bits per heavy atom. The van der Waals surface area contributed by atoms with Crippen LogP contribution in [0.15, 0.2) is 30.3 Å². The van der Waals surface area contributed by atoms with E-state index in [4.69, 9.17) is 13.9 Å². The van der Waals surface area contributed by atoms with Crippen LogP contribution < -0.4 is 0 Å². The minimum atomic E-state index is -1.71. The highest BCUT2D eigenvalue weighted by Gasteiger charge is 2.62. The first kappa shape index (κ1) is 18.2. The molecule has 0 amide bonds. The van der Waals surface area contributed by atoms with E-state index in [1.54, 1.807) is 0 Å². The van der Waals surface area contributed by atoms with Crippen LogP contribution in [0.1, 0.15) is 24.3 Å². The Kier molecular flexibility index (Phi) is 4.71. The van der Waals surface area contributed by atoms with Crippen molar-refractivity contribution in [3.63, 3.8) is 0 Å². The van der Waals surface area contributed by atoms with Gasteiger partial charge in [-0.2, -0.15) is 0 Å². The van der Waals surface area contributed by atoms with Gasteiger partial charge in [0, 0.05) is 24.9 Å². The van der Waals surface area contributed by atoms with Crippen LogP contribution in [0.4, 0.5) is 0 Å². The molecule has 3 aliphatic rings. The maximum atomic E-state index is 13.0. The van der Waals surface area contributed by atoms with E-state index in [1.165, 1.54) is 0 Å². The highest BCUT2D eigenvalue weighted by atomic mass is 28.4. The number of likely N-dealkylation sites (N-methyl/N-ethyl adjacent to an activating group) is 1. The van der Waals surface area contributed by atoms with Crippen molar-refractivity contribution in [2.45, 2.75) is 68.8 Å². The fourth-order valence-electron chi connectivity index (χ4n) is 4.36. The van der Waals surface area contributed by atoms with E-state index < -0.39 is 8.32 Å². The lowest BCUT2D eigenvalue weighted by Gasteiger charge is -2.38. The molecule has 3 saturated heterocycles. The third-order valence-corrected chi connectivity index (χ3v) is 6.86. The van der Waals surface area contributed by atoms with Crippen LogP contribution >= 0.6 is 0 Å². The molecule has 0 radical (unpaired) electrons. The van der Waals surface area contributed by atoms with Crippen LogP contribution in [0.25, 0.3) is 0 Å². The summed E-state index contributed by atoms with van der Waals surface area (Å²) >= 11 is 0. The zero-order valence-corrected chi connectivity index (χ0v) is 17.1. The molecular weight excluding hydrogens is 346 g/mol. The summed E-state index contributed by atoms with van der Waals surface area (Å²) in [5.74, 6) is -0.510. The minimum absolute atomic E-state index is 0.0109. The molecule has 5 atom stereocenters. The quantitative estimate of drug-likeness (QED) is 0.435. The number of nitrogens with zero attached hydrogens (tertiary/aromatic N) is 1. The number of hydrogen-bond donors (Lipinski definition) is 0. The fourth-order valence-corrected chi connectivity index (χ4v) is 5.03. The molecular formula is C20H29NO4Si. The predicted molar refractivity (Wildman–Crippen MR) is 102 cm³/mol. The predicted octanol–water partition coefficient (Wildman–Crippen LogP) is 2.78. The summed E-state index contributed by atoms with van der Waals surface area (Å²) in [6.07, 6.45) is 2.44. The molecule has 1 aromatic carbocycles. The van der Waals surface area contributed by atoms with Gasteiger partial charge in [-0.05, 0) is 32.3 Å². The van der Waals surface area contributed by atoms with Crippen molar-refractivity contribution in [2.24, 2.45) is 0 Å². The largest absolute Gasteiger partial charge is 0.462 e. The second-order valence-electron chi connectivity index (χ2n) is 8.78. The fraction of sp³-hybridized carbons (Fsp3) is 0.650. The van der Waals surface area contributed by atoms with Gasteiger partial charge >= 0.3 is 5.97 Å². The molecule has 3 heterocycles. The molecule has 0 aromatic heterocycles. The number of epoxide rings is 1. The summed E-state index contributed by atoms with van der Waals surface area (Å²) in [6, 6.07) is 10.7. The molecule has 1 aromatic rings. The van der Waals surface area contributed by atoms with Crippen molar-refractivity contribution in [1.29, 1.82) is 0 Å². The molecule has 5 nitrogen and oxygen atoms in total. The summed E-state index contributed by atoms with van der Waals surface area (Å²) in [6.45, 7) is 6.82. The van der Waals surface area contributed by atoms with E-state index in [9.17, 15) is 4.79 Å². The van der Waals surface area contributed by atoms with Crippen LogP contribution in [0, 0.1) is 0 Å². The van der Waals surface area contributed by atoms with Gasteiger partial charge < -0.3 is 13.9 Å². The molecule has 0 aliphatic carbocycles. The van der Waals surface area contributed by atoms with Crippen LogP contribution in [0.5, 0.6) is 0 Å². The zero-order chi connectivity index (χ0) is 18.5. The number of fused-ring (bicyclic) bond motifs is 5. The molecule has 0 saturated carbocycles. The SMILES string of the molecule is CN1C2CC(OC(=O)C(CO[Si](C)(C)C)c3ccccc3)CC1C1OC12. The number of carbonyl (C=O) groups is 1. The first-order valence-corrected chi connectivity index (χ1v) is 13.0. The van der Waals surface area contributed by atoms with Gasteiger partial charge in [0.05, 0.1) is 6.61 Å². The maximum absolute atomic E-state index is 13.0. The monoisotopic (exact) mass is 375 g/mol. The second kappa shape index (κ2) is 6.75. The van der Waals surface area contributed by atoms with Gasteiger partial charge in [0.25, 0.3) is 0 Å². The number of esters is 1. The Balaban J connectivity index is 1.43. The Bertz CT molecular complexity index is 644. The van der Waals surface area contributed by atoms with E-state index in [-0.39, 0.29) is 18.0 Å². The Morgan fingerprint density at radius 1 is 1.19 bits per heavy atom. The second-order valence-corrected chi connectivity index (χ2v) is 13.3. The molecule has 26 heavy (non-hydrogen) atoms. The van der Waals surface area contributed by atoms with Crippen molar-refractivity contribution >= 4 is 14.3 Å². The van der Waals surface area contributed by atoms with E-state index in [1.807, 2.05) is 30.3 Å². The number of hydrogen-bond acceptors (Lipinski definition) is 5. The van der Waals surface area contributed by atoms with Gasteiger partial charge in [0.2, 0.25) is 0 Å². The van der Waals surface area contributed by atoms with Crippen molar-refractivity contribution in [3.8, 4) is 0 Å². The van der Waals surface area contributed by atoms with Gasteiger partial charge in [0.15, 0.2) is 8.32 Å². The van der Waals surface area contributed by atoms with E-state index >= 15 is 0 Å². The van der Waals surface area contributed by atoms with Gasteiger partial charge in [-0.25, -0.2) is 0 Å². The summed E-state index contributed by atoms with van der Waals surface area (Å²) in [5.41, 5.74) is 0.970. The molecule has 3 aliphatic heterocycles. The first-order chi connectivity index (χ1) is 12.3. The zero-order valence-electron chi connectivity index (χ0n) is 16.1. The normalized spacial score (nSPS) is 34.2. The molecule has 142 valence electrons. The Labute approximate surface area is 156 Å². The maximum Gasteiger partial charge on any atom is 0.316 e. The third-order valence-electron chi connectivity index (χ3n) is 5.83. The molecule has 6 heteroatoms. The highest BCUT2D eigenvalue weighted by Crippen LogP contribution is 2.48. The molecule has 0 N–H and O–H groups in total. The Hall–Kier alpha value is -1.21. The lowest BCUT2D eigenvalue weighted by molar-refractivity contribution is -0.156. The van der Waals surface area contributed by atoms with E-state index in [0.717, 1.165) is 18.4 Å². The van der Waals surface area contributed by atoms with Gasteiger partial charge in [0.1, 0.15) is 24.2 Å². The molecule has 4 rings (SSSR count). The minimum Gasteiger partial charge on any atom is -0.462 e. The van der Waals surface area contributed by atoms with Crippen molar-refractivity contribution in [2.75, 3.05) is 13.7 Å². The smallest absolute Gasteiger partial charge is 0.316 e. The first-order valence-electron chi connectivity index (χ1n) is 9.60. The molecule has 5 unspecified atom stereocenters. The van der Waals surface area contributed by atoms with Crippen LogP contribution in [-0.4, -0.2) is 63.2 Å². The molecule has 3 fully saturated rings. The number of morpholine rings is 1. The average Bonchev–Trinajstić information content (AvgIpc) is 3.33. The molecule has 2 bridgehead atoms. The van der Waals surface area contributed by atoms with Crippen molar-refractivity contribution in [1.82, 2.24) is 4.90 Å². The number of carbonyl (C=O) groups excluding carboxylic acids is 1. The highest BCUT2D eigenvalue weighted by molar-refractivity contribution is 6.69. The van der Waals surface area contributed by atoms with Gasteiger partial charge in [-0.15, -0.1) is 0 Å². The van der Waals surface area contributed by atoms with E-state index in [0.29, 0.717) is 30.9 Å². The van der Waals surface area contributed by atoms with Crippen LogP contribution in [0.2, 0.25) is 19.6 Å². The van der Waals surface area contributed by atoms with Gasteiger partial charge in [-0.3, -0.25) is 9.69 Å². The summed E-state index contributed by atoms with van der Waals surface area (Å²) in [7, 11) is 0.458. The standard InChI is InChI=1S/C20H29NO4Si/c1-21-16-10-14(11-17(21)19-18(16)25-19)24-20(22)15(12-23-26(2,3)4)13-8-6-5-7-9-13/h5-9,14-19H,10-12H2,1-4H3. The topological polar surface area (TPSA) is 51.3 Å². The summed E-state index contributed by atoms with van der Waals surface area (Å²) in [4.78, 5) is 15.4. The van der Waals surface area contributed by atoms with E-state index in [2.05, 4.69) is 31.6 Å². The lowest BCUT2D eigenvalue weighted by atomic mass is 9.97. The van der Waals surface area contributed by atoms with Crippen molar-refractivity contribution in [3.05, 3.63) is 35.9 Å². The average molecular weight is 376 g/mol. The number of benzene rings is 1. The summed E-state index contributed by atoms with van der Waals surface area (Å²) in [5, 5.41) is 0. The van der Waals surface area contributed by atoms with Gasteiger partial charge in [-0.1, -0.05) is 30.3 Å². The van der Waals surface area contributed by atoms with Crippen LogP contribution in [-0.2, 0) is 18.7 Å². The number of rotatable bonds is 6. The Morgan fingerprint density at radius 2 is 1.81 bits per heavy atom. The van der Waals surface area contributed by atoms with Crippen LogP contribution in [0.3, 0.4) is 0 Å².